The summed E-state index contributed by atoms with van der Waals surface area (Å²) in [6.07, 6.45) is -4.16. The van der Waals surface area contributed by atoms with Crippen LogP contribution in [0.4, 0.5) is 13.2 Å². The Bertz CT molecular complexity index is 320. The van der Waals surface area contributed by atoms with Crippen LogP contribution < -0.4 is 5.73 Å². The Kier molecular flexibility index (Phi) is 4.94. The summed E-state index contributed by atoms with van der Waals surface area (Å²) in [5.74, 6) is -1.15. The smallest absolute Gasteiger partial charge is 0.369 e. The molecule has 0 unspecified atom stereocenters. The lowest BCUT2D eigenvalue weighted by Gasteiger charge is -2.22. The molecule has 0 radical (unpaired) electrons. The molecule has 104 valence electrons. The van der Waals surface area contributed by atoms with E-state index in [0.29, 0.717) is 19.5 Å². The molecule has 0 aromatic heterocycles. The molecular formula is C10H16F3N3O2. The van der Waals surface area contributed by atoms with Crippen LogP contribution in [-0.4, -0.2) is 60.5 Å². The number of hydrogen-bond donors (Lipinski definition) is 1. The lowest BCUT2D eigenvalue weighted by Crippen LogP contribution is -2.39. The molecule has 0 saturated carbocycles. The average Bonchev–Trinajstić information content (AvgIpc) is 2.39. The average molecular weight is 267 g/mol. The number of alkyl halides is 3. The molecule has 0 aromatic rings. The van der Waals surface area contributed by atoms with Crippen LogP contribution >= 0.6 is 0 Å². The number of carbonyl (C=O) groups excluding carboxylic acids is 2. The Morgan fingerprint density at radius 1 is 1.11 bits per heavy atom. The lowest BCUT2D eigenvalue weighted by molar-refractivity contribution is -0.145. The fraction of sp³-hybridized carbons (Fsp3) is 0.800. The lowest BCUT2D eigenvalue weighted by atomic mass is 10.3. The van der Waals surface area contributed by atoms with Gasteiger partial charge in [0, 0.05) is 26.2 Å². The fourth-order valence-corrected chi connectivity index (χ4v) is 1.89. The van der Waals surface area contributed by atoms with Crippen molar-refractivity contribution in [2.45, 2.75) is 19.0 Å². The van der Waals surface area contributed by atoms with Gasteiger partial charge in [-0.1, -0.05) is 0 Å². The zero-order chi connectivity index (χ0) is 13.8. The van der Waals surface area contributed by atoms with E-state index in [4.69, 9.17) is 5.73 Å². The minimum atomic E-state index is -4.23. The highest BCUT2D eigenvalue weighted by Crippen LogP contribution is 2.17. The van der Waals surface area contributed by atoms with Crippen LogP contribution in [0.1, 0.15) is 12.8 Å². The fourth-order valence-electron chi connectivity index (χ4n) is 1.89. The molecular weight excluding hydrogens is 251 g/mol. The van der Waals surface area contributed by atoms with E-state index in [1.807, 2.05) is 0 Å². The third-order valence-electron chi connectivity index (χ3n) is 2.67. The van der Waals surface area contributed by atoms with Crippen molar-refractivity contribution in [3.05, 3.63) is 0 Å². The number of nitrogens with zero attached hydrogens (tertiary/aromatic N) is 2. The molecule has 1 heterocycles. The van der Waals surface area contributed by atoms with E-state index < -0.39 is 24.5 Å². The summed E-state index contributed by atoms with van der Waals surface area (Å²) in [4.78, 5) is 24.8. The van der Waals surface area contributed by atoms with Gasteiger partial charge in [0.25, 0.3) is 0 Å². The zero-order valence-electron chi connectivity index (χ0n) is 9.87. The van der Waals surface area contributed by atoms with Gasteiger partial charge in [0.05, 0.1) is 6.54 Å². The van der Waals surface area contributed by atoms with Crippen LogP contribution in [0, 0.1) is 0 Å². The van der Waals surface area contributed by atoms with E-state index in [1.54, 1.807) is 0 Å². The molecule has 1 saturated heterocycles. The van der Waals surface area contributed by atoms with Crippen molar-refractivity contribution in [2.75, 3.05) is 32.7 Å². The van der Waals surface area contributed by atoms with Crippen molar-refractivity contribution in [2.24, 2.45) is 5.73 Å². The summed E-state index contributed by atoms with van der Waals surface area (Å²) in [6, 6.07) is 0. The van der Waals surface area contributed by atoms with Gasteiger partial charge in [-0.3, -0.25) is 14.5 Å². The van der Waals surface area contributed by atoms with Gasteiger partial charge >= 0.3 is 6.18 Å². The highest BCUT2D eigenvalue weighted by molar-refractivity contribution is 5.96. The Morgan fingerprint density at radius 2 is 1.78 bits per heavy atom. The first-order valence-electron chi connectivity index (χ1n) is 5.63. The maximum Gasteiger partial charge on any atom is 0.401 e. The molecule has 2 amide bonds. The van der Waals surface area contributed by atoms with Gasteiger partial charge in [-0.2, -0.15) is 13.2 Å². The van der Waals surface area contributed by atoms with Crippen molar-refractivity contribution < 1.29 is 22.8 Å². The Labute approximate surface area is 103 Å². The molecule has 0 aromatic carbocycles. The largest absolute Gasteiger partial charge is 0.401 e. The van der Waals surface area contributed by atoms with Crippen molar-refractivity contribution in [3.8, 4) is 0 Å². The van der Waals surface area contributed by atoms with Crippen molar-refractivity contribution >= 4 is 11.8 Å². The van der Waals surface area contributed by atoms with Crippen molar-refractivity contribution in [1.29, 1.82) is 0 Å². The maximum atomic E-state index is 12.2. The standard InChI is InChI=1S/C10H16F3N3O2/c11-10(12,13)7-15-2-1-3-16(5-4-15)9(18)6-8(14)17/h1-7H2,(H2,14,17). The van der Waals surface area contributed by atoms with Gasteiger partial charge < -0.3 is 10.6 Å². The summed E-state index contributed by atoms with van der Waals surface area (Å²) in [5, 5.41) is 0. The molecule has 1 aliphatic heterocycles. The van der Waals surface area contributed by atoms with Crippen LogP contribution in [-0.2, 0) is 9.59 Å². The molecule has 8 heteroatoms. The van der Waals surface area contributed by atoms with E-state index in [1.165, 1.54) is 9.80 Å². The SMILES string of the molecule is NC(=O)CC(=O)N1CCCN(CC(F)(F)F)CC1. The van der Waals surface area contributed by atoms with E-state index in [9.17, 15) is 22.8 Å². The van der Waals surface area contributed by atoms with E-state index in [2.05, 4.69) is 0 Å². The molecule has 5 nitrogen and oxygen atoms in total. The van der Waals surface area contributed by atoms with Gasteiger partial charge in [-0.25, -0.2) is 0 Å². The minimum Gasteiger partial charge on any atom is -0.369 e. The third-order valence-corrected chi connectivity index (χ3v) is 2.67. The second-order valence-corrected chi connectivity index (χ2v) is 4.27. The first-order valence-corrected chi connectivity index (χ1v) is 5.63. The molecule has 2 N–H and O–H groups in total. The van der Waals surface area contributed by atoms with Gasteiger partial charge in [-0.15, -0.1) is 0 Å². The molecule has 0 spiro atoms. The van der Waals surface area contributed by atoms with E-state index >= 15 is 0 Å². The quantitative estimate of drug-likeness (QED) is 0.730. The summed E-state index contributed by atoms with van der Waals surface area (Å²) in [5.41, 5.74) is 4.90. The Morgan fingerprint density at radius 3 is 2.33 bits per heavy atom. The van der Waals surface area contributed by atoms with E-state index in [0.717, 1.165) is 0 Å². The monoisotopic (exact) mass is 267 g/mol. The van der Waals surface area contributed by atoms with Crippen LogP contribution in [0.5, 0.6) is 0 Å². The predicted molar refractivity (Wildman–Crippen MR) is 57.5 cm³/mol. The number of amides is 2. The van der Waals surface area contributed by atoms with Gasteiger partial charge in [0.15, 0.2) is 0 Å². The first-order chi connectivity index (χ1) is 8.28. The van der Waals surface area contributed by atoms with Gasteiger partial charge in [-0.05, 0) is 6.42 Å². The number of nitrogens with two attached hydrogens (primary N) is 1. The molecule has 18 heavy (non-hydrogen) atoms. The van der Waals surface area contributed by atoms with Gasteiger partial charge in [0.2, 0.25) is 11.8 Å². The first kappa shape index (κ1) is 14.7. The number of halogens is 3. The van der Waals surface area contributed by atoms with E-state index in [-0.39, 0.29) is 19.5 Å². The summed E-state index contributed by atoms with van der Waals surface area (Å²) in [7, 11) is 0. The number of rotatable bonds is 3. The van der Waals surface area contributed by atoms with Crippen LogP contribution in [0.25, 0.3) is 0 Å². The Balaban J connectivity index is 2.46. The molecule has 0 bridgehead atoms. The normalized spacial score (nSPS) is 18.5. The highest BCUT2D eigenvalue weighted by Gasteiger charge is 2.31. The van der Waals surface area contributed by atoms with Crippen LogP contribution in [0.3, 0.4) is 0 Å². The summed E-state index contributed by atoms with van der Waals surface area (Å²) < 4.78 is 36.7. The van der Waals surface area contributed by atoms with Crippen molar-refractivity contribution in [1.82, 2.24) is 9.80 Å². The van der Waals surface area contributed by atoms with Gasteiger partial charge in [0.1, 0.15) is 6.42 Å². The molecule has 0 aliphatic carbocycles. The maximum absolute atomic E-state index is 12.2. The topological polar surface area (TPSA) is 66.6 Å². The molecule has 0 atom stereocenters. The third kappa shape index (κ3) is 5.35. The number of hydrogen-bond acceptors (Lipinski definition) is 3. The summed E-state index contributed by atoms with van der Waals surface area (Å²) >= 11 is 0. The van der Waals surface area contributed by atoms with Crippen LogP contribution in [0.15, 0.2) is 0 Å². The predicted octanol–water partition coefficient (Wildman–Crippen LogP) is -0.0416. The molecule has 1 fully saturated rings. The number of primary amides is 1. The number of carbonyl (C=O) groups is 2. The minimum absolute atomic E-state index is 0.157. The van der Waals surface area contributed by atoms with Crippen LogP contribution in [0.2, 0.25) is 0 Å². The highest BCUT2D eigenvalue weighted by atomic mass is 19.4. The molecule has 1 rings (SSSR count). The zero-order valence-corrected chi connectivity index (χ0v) is 9.87. The van der Waals surface area contributed by atoms with Crippen molar-refractivity contribution in [3.63, 3.8) is 0 Å². The second kappa shape index (κ2) is 6.03. The Hall–Kier alpha value is -1.31. The summed E-state index contributed by atoms with van der Waals surface area (Å²) in [6.45, 7) is 0.0391. The second-order valence-electron chi connectivity index (χ2n) is 4.27. The molecule has 1 aliphatic rings.